The zero-order valence-corrected chi connectivity index (χ0v) is 12.3. The Balaban J connectivity index is 1.99. The van der Waals surface area contributed by atoms with E-state index in [0.29, 0.717) is 28.6 Å². The zero-order valence-electron chi connectivity index (χ0n) is 11.5. The van der Waals surface area contributed by atoms with Gasteiger partial charge in [-0.25, -0.2) is 4.98 Å². The van der Waals surface area contributed by atoms with Gasteiger partial charge in [0.05, 0.1) is 11.7 Å². The highest BCUT2D eigenvalue weighted by atomic mass is 35.5. The lowest BCUT2D eigenvalue weighted by Gasteiger charge is -2.08. The Bertz CT molecular complexity index is 615. The minimum Gasteiger partial charge on any atom is -0.392 e. The number of rotatable bonds is 5. The number of aromatic nitrogens is 1. The lowest BCUT2D eigenvalue weighted by Crippen LogP contribution is -2.16. The first-order valence-corrected chi connectivity index (χ1v) is 6.87. The normalized spacial score (nSPS) is 11.8. The molecule has 110 valence electrons. The van der Waals surface area contributed by atoms with Crippen LogP contribution in [0, 0.1) is 0 Å². The first-order chi connectivity index (χ1) is 10.0. The van der Waals surface area contributed by atoms with Crippen molar-refractivity contribution in [3.63, 3.8) is 0 Å². The van der Waals surface area contributed by atoms with Crippen LogP contribution in [0.3, 0.4) is 0 Å². The molecule has 1 atom stereocenters. The molecule has 0 aliphatic rings. The number of hydrogen-bond donors (Lipinski definition) is 3. The molecule has 0 unspecified atom stereocenters. The van der Waals surface area contributed by atoms with E-state index >= 15 is 0 Å². The van der Waals surface area contributed by atoms with Crippen LogP contribution in [0.15, 0.2) is 42.6 Å². The smallest absolute Gasteiger partial charge is 0.257 e. The molecule has 0 radical (unpaired) electrons. The highest BCUT2D eigenvalue weighted by molar-refractivity contribution is 6.30. The van der Waals surface area contributed by atoms with Gasteiger partial charge in [0.25, 0.3) is 5.91 Å². The minimum atomic E-state index is -0.461. The molecule has 1 aromatic heterocycles. The predicted molar refractivity (Wildman–Crippen MR) is 83.8 cm³/mol. The summed E-state index contributed by atoms with van der Waals surface area (Å²) in [4.78, 5) is 16.2. The number of amides is 1. The van der Waals surface area contributed by atoms with Gasteiger partial charge in [0.15, 0.2) is 0 Å². The van der Waals surface area contributed by atoms with Gasteiger partial charge in [-0.2, -0.15) is 0 Å². The Morgan fingerprint density at radius 2 is 2.19 bits per heavy atom. The second-order valence-electron chi connectivity index (χ2n) is 4.63. The van der Waals surface area contributed by atoms with Crippen LogP contribution in [0.4, 0.5) is 11.5 Å². The fourth-order valence-electron chi connectivity index (χ4n) is 1.65. The topological polar surface area (TPSA) is 74.2 Å². The van der Waals surface area contributed by atoms with Crippen molar-refractivity contribution in [2.24, 2.45) is 0 Å². The second-order valence-corrected chi connectivity index (χ2v) is 5.06. The van der Waals surface area contributed by atoms with Crippen LogP contribution in [-0.4, -0.2) is 28.6 Å². The molecule has 2 aromatic rings. The molecule has 0 bridgehead atoms. The Hall–Kier alpha value is -2.11. The van der Waals surface area contributed by atoms with E-state index in [1.54, 1.807) is 43.3 Å². The summed E-state index contributed by atoms with van der Waals surface area (Å²) in [5, 5.41) is 15.4. The van der Waals surface area contributed by atoms with Crippen LogP contribution in [0.2, 0.25) is 5.02 Å². The number of carbonyl (C=O) groups is 1. The van der Waals surface area contributed by atoms with E-state index in [1.165, 1.54) is 6.20 Å². The van der Waals surface area contributed by atoms with Gasteiger partial charge in [-0.3, -0.25) is 4.79 Å². The summed E-state index contributed by atoms with van der Waals surface area (Å²) in [7, 11) is 0. The van der Waals surface area contributed by atoms with Gasteiger partial charge >= 0.3 is 0 Å². The summed E-state index contributed by atoms with van der Waals surface area (Å²) in [5.74, 6) is 0.349. The molecule has 3 N–H and O–H groups in total. The number of halogens is 1. The SMILES string of the molecule is C[C@H](O)CNc1ccc(C(=O)Nc2cccc(Cl)c2)cn1. The number of nitrogens with zero attached hydrogens (tertiary/aromatic N) is 1. The van der Waals surface area contributed by atoms with Crippen molar-refractivity contribution >= 4 is 29.0 Å². The predicted octanol–water partition coefficient (Wildman–Crippen LogP) is 2.78. The highest BCUT2D eigenvalue weighted by Crippen LogP contribution is 2.16. The van der Waals surface area contributed by atoms with Crippen LogP contribution < -0.4 is 10.6 Å². The maximum Gasteiger partial charge on any atom is 0.257 e. The number of carbonyl (C=O) groups excluding carboxylic acids is 1. The van der Waals surface area contributed by atoms with Gasteiger partial charge in [-0.15, -0.1) is 0 Å². The number of hydrogen-bond acceptors (Lipinski definition) is 4. The summed E-state index contributed by atoms with van der Waals surface area (Å²) >= 11 is 5.86. The van der Waals surface area contributed by atoms with Crippen molar-refractivity contribution in [2.45, 2.75) is 13.0 Å². The molecule has 1 amide bonds. The molecule has 2 rings (SSSR count). The van der Waals surface area contributed by atoms with Crippen molar-refractivity contribution in [3.8, 4) is 0 Å². The van der Waals surface area contributed by atoms with Crippen LogP contribution in [-0.2, 0) is 0 Å². The molecule has 0 saturated heterocycles. The van der Waals surface area contributed by atoms with E-state index in [1.807, 2.05) is 0 Å². The van der Waals surface area contributed by atoms with Crippen LogP contribution in [0.5, 0.6) is 0 Å². The summed E-state index contributed by atoms with van der Waals surface area (Å²) < 4.78 is 0. The summed E-state index contributed by atoms with van der Waals surface area (Å²) in [6, 6.07) is 10.3. The Morgan fingerprint density at radius 3 is 2.81 bits per heavy atom. The third kappa shape index (κ3) is 4.73. The van der Waals surface area contributed by atoms with Crippen molar-refractivity contribution in [1.82, 2.24) is 4.98 Å². The van der Waals surface area contributed by atoms with Gasteiger partial charge in [0.1, 0.15) is 5.82 Å². The zero-order chi connectivity index (χ0) is 15.2. The molecule has 0 saturated carbocycles. The first-order valence-electron chi connectivity index (χ1n) is 6.49. The molecule has 21 heavy (non-hydrogen) atoms. The highest BCUT2D eigenvalue weighted by Gasteiger charge is 2.07. The number of benzene rings is 1. The molecular weight excluding hydrogens is 290 g/mol. The molecule has 1 heterocycles. The molecule has 1 aromatic carbocycles. The Labute approximate surface area is 128 Å². The van der Waals surface area contributed by atoms with E-state index in [9.17, 15) is 9.90 Å². The Kier molecular flexibility index (Phi) is 5.14. The summed E-state index contributed by atoms with van der Waals surface area (Å²) in [5.41, 5.74) is 1.07. The van der Waals surface area contributed by atoms with Crippen LogP contribution in [0.25, 0.3) is 0 Å². The van der Waals surface area contributed by atoms with Gasteiger partial charge in [0.2, 0.25) is 0 Å². The minimum absolute atomic E-state index is 0.258. The molecule has 0 aliphatic carbocycles. The number of nitrogens with one attached hydrogen (secondary N) is 2. The maximum atomic E-state index is 12.0. The van der Waals surface area contributed by atoms with Gasteiger partial charge in [0, 0.05) is 23.5 Å². The third-order valence-corrected chi connectivity index (χ3v) is 2.92. The van der Waals surface area contributed by atoms with E-state index in [2.05, 4.69) is 15.6 Å². The van der Waals surface area contributed by atoms with Crippen LogP contribution >= 0.6 is 11.6 Å². The summed E-state index contributed by atoms with van der Waals surface area (Å²) in [6.07, 6.45) is 1.02. The first kappa shape index (κ1) is 15.3. The largest absolute Gasteiger partial charge is 0.392 e. The van der Waals surface area contributed by atoms with Gasteiger partial charge < -0.3 is 15.7 Å². The molecule has 0 spiro atoms. The number of pyridine rings is 1. The molecule has 5 nitrogen and oxygen atoms in total. The number of aliphatic hydroxyl groups is 1. The van der Waals surface area contributed by atoms with E-state index in [-0.39, 0.29) is 5.91 Å². The van der Waals surface area contributed by atoms with Gasteiger partial charge in [-0.05, 0) is 37.3 Å². The van der Waals surface area contributed by atoms with E-state index in [0.717, 1.165) is 0 Å². The standard InChI is InChI=1S/C15H16ClN3O2/c1-10(20)8-17-14-6-5-11(9-18-14)15(21)19-13-4-2-3-12(16)7-13/h2-7,9-10,20H,8H2,1H3,(H,17,18)(H,19,21)/t10-/m0/s1. The van der Waals surface area contributed by atoms with Crippen molar-refractivity contribution in [1.29, 1.82) is 0 Å². The Morgan fingerprint density at radius 1 is 1.38 bits per heavy atom. The van der Waals surface area contributed by atoms with Crippen molar-refractivity contribution < 1.29 is 9.90 Å². The lowest BCUT2D eigenvalue weighted by molar-refractivity contribution is 0.102. The van der Waals surface area contributed by atoms with Gasteiger partial charge in [-0.1, -0.05) is 17.7 Å². The monoisotopic (exact) mass is 305 g/mol. The molecule has 6 heteroatoms. The van der Waals surface area contributed by atoms with E-state index < -0.39 is 6.10 Å². The van der Waals surface area contributed by atoms with Crippen LogP contribution in [0.1, 0.15) is 17.3 Å². The molecule has 0 aliphatic heterocycles. The lowest BCUT2D eigenvalue weighted by atomic mass is 10.2. The average Bonchev–Trinajstić information content (AvgIpc) is 2.45. The van der Waals surface area contributed by atoms with E-state index in [4.69, 9.17) is 11.6 Å². The quantitative estimate of drug-likeness (QED) is 0.794. The summed E-state index contributed by atoms with van der Waals surface area (Å²) in [6.45, 7) is 2.08. The number of aliphatic hydroxyl groups excluding tert-OH is 1. The fourth-order valence-corrected chi connectivity index (χ4v) is 1.84. The molecule has 0 fully saturated rings. The van der Waals surface area contributed by atoms with Crippen molar-refractivity contribution in [3.05, 3.63) is 53.2 Å². The van der Waals surface area contributed by atoms with Crippen molar-refractivity contribution in [2.75, 3.05) is 17.2 Å². The maximum absolute atomic E-state index is 12.0. The average molecular weight is 306 g/mol. The number of anilines is 2. The molecular formula is C15H16ClN3O2. The third-order valence-electron chi connectivity index (χ3n) is 2.69. The fraction of sp³-hybridized carbons (Fsp3) is 0.200. The second kappa shape index (κ2) is 7.06.